The highest BCUT2D eigenvalue weighted by Crippen LogP contribution is 2.45. The second kappa shape index (κ2) is 5.98. The monoisotopic (exact) mass is 246 g/mol. The third-order valence-corrected chi connectivity index (χ3v) is 3.40. The molecule has 0 saturated heterocycles. The summed E-state index contributed by atoms with van der Waals surface area (Å²) in [6.07, 6.45) is 4.27. The zero-order chi connectivity index (χ0) is 12.0. The molecule has 1 aliphatic rings. The molecule has 2 amide bonds. The van der Waals surface area contributed by atoms with E-state index in [1.807, 2.05) is 6.26 Å². The van der Waals surface area contributed by atoms with Gasteiger partial charge in [-0.15, -0.1) is 0 Å². The van der Waals surface area contributed by atoms with Crippen molar-refractivity contribution < 1.29 is 14.7 Å². The van der Waals surface area contributed by atoms with E-state index in [2.05, 4.69) is 10.6 Å². The van der Waals surface area contributed by atoms with Crippen LogP contribution in [0, 0.1) is 5.41 Å². The number of rotatable bonds is 7. The van der Waals surface area contributed by atoms with E-state index in [0.717, 1.165) is 12.2 Å². The molecule has 0 aliphatic heterocycles. The van der Waals surface area contributed by atoms with Crippen molar-refractivity contribution in [2.45, 2.75) is 19.3 Å². The van der Waals surface area contributed by atoms with Crippen molar-refractivity contribution in [3.63, 3.8) is 0 Å². The zero-order valence-electron chi connectivity index (χ0n) is 9.41. The number of carboxylic acids is 1. The number of thioether (sulfide) groups is 1. The van der Waals surface area contributed by atoms with Gasteiger partial charge < -0.3 is 15.7 Å². The Kier molecular flexibility index (Phi) is 4.92. The molecule has 0 radical (unpaired) electrons. The Hall–Kier alpha value is -0.910. The number of carbonyl (C=O) groups excluding carboxylic acids is 1. The Labute approximate surface area is 99.4 Å². The Morgan fingerprint density at radius 2 is 2.06 bits per heavy atom. The summed E-state index contributed by atoms with van der Waals surface area (Å²) in [5.41, 5.74) is -0.684. The van der Waals surface area contributed by atoms with E-state index in [1.165, 1.54) is 0 Å². The van der Waals surface area contributed by atoms with Crippen LogP contribution in [-0.2, 0) is 4.79 Å². The molecule has 1 saturated carbocycles. The lowest BCUT2D eigenvalue weighted by atomic mass is 10.1. The minimum Gasteiger partial charge on any atom is -0.481 e. The molecule has 0 aromatic heterocycles. The number of hydrogen-bond donors (Lipinski definition) is 3. The fraction of sp³-hybridized carbons (Fsp3) is 0.800. The maximum atomic E-state index is 11.3. The van der Waals surface area contributed by atoms with E-state index in [4.69, 9.17) is 5.11 Å². The molecule has 0 bridgehead atoms. The highest BCUT2D eigenvalue weighted by Gasteiger charge is 2.50. The second-order valence-corrected chi connectivity index (χ2v) is 5.03. The van der Waals surface area contributed by atoms with E-state index in [-0.39, 0.29) is 12.6 Å². The molecular weight excluding hydrogens is 228 g/mol. The largest absolute Gasteiger partial charge is 0.481 e. The molecule has 6 heteroatoms. The normalized spacial score (nSPS) is 16.6. The molecule has 0 atom stereocenters. The van der Waals surface area contributed by atoms with Gasteiger partial charge in [0.05, 0.1) is 5.41 Å². The van der Waals surface area contributed by atoms with Gasteiger partial charge in [0, 0.05) is 13.1 Å². The third-order valence-electron chi connectivity index (χ3n) is 2.71. The number of hydrogen-bond acceptors (Lipinski definition) is 3. The molecule has 0 spiro atoms. The third kappa shape index (κ3) is 3.92. The number of carboxylic acid groups (broad SMARTS) is 1. The number of urea groups is 1. The van der Waals surface area contributed by atoms with E-state index in [0.29, 0.717) is 19.4 Å². The van der Waals surface area contributed by atoms with Gasteiger partial charge in [0.2, 0.25) is 0 Å². The summed E-state index contributed by atoms with van der Waals surface area (Å²) >= 11 is 1.74. The molecule has 0 aromatic carbocycles. The van der Waals surface area contributed by atoms with Gasteiger partial charge in [-0.25, -0.2) is 4.79 Å². The van der Waals surface area contributed by atoms with Crippen molar-refractivity contribution in [3.8, 4) is 0 Å². The Bertz CT molecular complexity index is 267. The van der Waals surface area contributed by atoms with Crippen molar-refractivity contribution in [1.29, 1.82) is 0 Å². The number of aliphatic carboxylic acids is 1. The van der Waals surface area contributed by atoms with Crippen molar-refractivity contribution in [2.75, 3.05) is 25.1 Å². The number of nitrogens with one attached hydrogen (secondary N) is 2. The smallest absolute Gasteiger partial charge is 0.314 e. The lowest BCUT2D eigenvalue weighted by Gasteiger charge is -2.11. The summed E-state index contributed by atoms with van der Waals surface area (Å²) in [4.78, 5) is 22.1. The van der Waals surface area contributed by atoms with Crippen LogP contribution in [0.1, 0.15) is 19.3 Å². The van der Waals surface area contributed by atoms with Crippen LogP contribution in [0.3, 0.4) is 0 Å². The SMILES string of the molecule is CSCCCNC(=O)NCC1(C(=O)O)CC1. The molecule has 5 nitrogen and oxygen atoms in total. The van der Waals surface area contributed by atoms with Crippen LogP contribution >= 0.6 is 11.8 Å². The van der Waals surface area contributed by atoms with E-state index < -0.39 is 11.4 Å². The molecule has 3 N–H and O–H groups in total. The van der Waals surface area contributed by atoms with Crippen molar-refractivity contribution >= 4 is 23.8 Å². The number of amides is 2. The molecule has 1 aliphatic carbocycles. The average molecular weight is 246 g/mol. The van der Waals surface area contributed by atoms with Crippen LogP contribution in [0.15, 0.2) is 0 Å². The van der Waals surface area contributed by atoms with Gasteiger partial charge >= 0.3 is 12.0 Å². The molecule has 0 aromatic rings. The van der Waals surface area contributed by atoms with Crippen molar-refractivity contribution in [2.24, 2.45) is 5.41 Å². The lowest BCUT2D eigenvalue weighted by molar-refractivity contribution is -0.143. The molecule has 92 valence electrons. The molecule has 16 heavy (non-hydrogen) atoms. The molecule has 0 unspecified atom stereocenters. The standard InChI is InChI=1S/C10H18N2O3S/c1-16-6-2-5-11-9(15)12-7-10(3-4-10)8(13)14/h2-7H2,1H3,(H,13,14)(H2,11,12,15). The first-order chi connectivity index (χ1) is 7.60. The van der Waals surface area contributed by atoms with Gasteiger partial charge in [0.1, 0.15) is 0 Å². The van der Waals surface area contributed by atoms with Gasteiger partial charge in [-0.1, -0.05) is 0 Å². The van der Waals surface area contributed by atoms with Crippen LogP contribution in [0.5, 0.6) is 0 Å². The summed E-state index contributed by atoms with van der Waals surface area (Å²) in [5, 5.41) is 14.2. The minimum atomic E-state index is -0.810. The Morgan fingerprint density at radius 1 is 1.38 bits per heavy atom. The minimum absolute atomic E-state index is 0.233. The fourth-order valence-corrected chi connectivity index (χ4v) is 1.78. The van der Waals surface area contributed by atoms with Gasteiger partial charge in [-0.2, -0.15) is 11.8 Å². The lowest BCUT2D eigenvalue weighted by Crippen LogP contribution is -2.41. The van der Waals surface area contributed by atoms with Gasteiger partial charge in [0.15, 0.2) is 0 Å². The van der Waals surface area contributed by atoms with E-state index >= 15 is 0 Å². The summed E-state index contributed by atoms with van der Waals surface area (Å²) in [6.45, 7) is 0.865. The van der Waals surface area contributed by atoms with E-state index in [1.54, 1.807) is 11.8 Å². The first-order valence-electron chi connectivity index (χ1n) is 5.35. The summed E-state index contributed by atoms with van der Waals surface area (Å²) in [6, 6.07) is -0.270. The molecule has 1 fully saturated rings. The number of carbonyl (C=O) groups is 2. The maximum absolute atomic E-state index is 11.3. The fourth-order valence-electron chi connectivity index (χ4n) is 1.35. The Balaban J connectivity index is 2.09. The predicted molar refractivity (Wildman–Crippen MR) is 63.7 cm³/mol. The zero-order valence-corrected chi connectivity index (χ0v) is 10.2. The highest BCUT2D eigenvalue weighted by atomic mass is 32.2. The van der Waals surface area contributed by atoms with Crippen LogP contribution in [0.2, 0.25) is 0 Å². The first-order valence-corrected chi connectivity index (χ1v) is 6.74. The van der Waals surface area contributed by atoms with E-state index in [9.17, 15) is 9.59 Å². The summed E-state index contributed by atoms with van der Waals surface area (Å²) in [5.74, 6) is 0.203. The first kappa shape index (κ1) is 13.2. The summed E-state index contributed by atoms with van der Waals surface area (Å²) in [7, 11) is 0. The highest BCUT2D eigenvalue weighted by molar-refractivity contribution is 7.98. The quantitative estimate of drug-likeness (QED) is 0.583. The average Bonchev–Trinajstić information content (AvgIpc) is 3.03. The van der Waals surface area contributed by atoms with Crippen LogP contribution < -0.4 is 10.6 Å². The van der Waals surface area contributed by atoms with Crippen LogP contribution in [0.25, 0.3) is 0 Å². The van der Waals surface area contributed by atoms with Gasteiger partial charge in [-0.05, 0) is 31.3 Å². The topological polar surface area (TPSA) is 78.4 Å². The second-order valence-electron chi connectivity index (χ2n) is 4.04. The molecule has 1 rings (SSSR count). The Morgan fingerprint density at radius 3 is 2.56 bits per heavy atom. The maximum Gasteiger partial charge on any atom is 0.314 e. The molecule has 0 heterocycles. The van der Waals surface area contributed by atoms with Gasteiger partial charge in [-0.3, -0.25) is 4.79 Å². The van der Waals surface area contributed by atoms with Gasteiger partial charge in [0.25, 0.3) is 0 Å². The van der Waals surface area contributed by atoms with Crippen molar-refractivity contribution in [1.82, 2.24) is 10.6 Å². The van der Waals surface area contributed by atoms with Crippen LogP contribution in [-0.4, -0.2) is 42.2 Å². The van der Waals surface area contributed by atoms with Crippen LogP contribution in [0.4, 0.5) is 4.79 Å². The summed E-state index contributed by atoms with van der Waals surface area (Å²) < 4.78 is 0. The van der Waals surface area contributed by atoms with Crippen molar-refractivity contribution in [3.05, 3.63) is 0 Å². The molecular formula is C10H18N2O3S. The predicted octanol–water partition coefficient (Wildman–Crippen LogP) is 0.903.